The minimum atomic E-state index is 0.313. The van der Waals surface area contributed by atoms with Crippen LogP contribution in [0.2, 0.25) is 0 Å². The largest absolute Gasteiger partial charge is 0.341 e. The van der Waals surface area contributed by atoms with Gasteiger partial charge in [0.1, 0.15) is 12.5 Å². The summed E-state index contributed by atoms with van der Waals surface area (Å²) in [7, 11) is 0. The molecule has 3 heteroatoms. The van der Waals surface area contributed by atoms with Crippen molar-refractivity contribution in [3.63, 3.8) is 0 Å². The van der Waals surface area contributed by atoms with E-state index in [1.165, 1.54) is 38.8 Å². The highest BCUT2D eigenvalue weighted by atomic mass is 16.6. The Morgan fingerprint density at radius 3 is 1.63 bits per heavy atom. The Balaban J connectivity index is 1.81. The van der Waals surface area contributed by atoms with E-state index in [4.69, 9.17) is 4.74 Å². The van der Waals surface area contributed by atoms with Crippen LogP contribution >= 0.6 is 0 Å². The molecule has 4 fully saturated rings. The zero-order valence-corrected chi connectivity index (χ0v) is 12.9. The van der Waals surface area contributed by atoms with Crippen LogP contribution in [0, 0.1) is 11.8 Å². The summed E-state index contributed by atoms with van der Waals surface area (Å²) in [6.45, 7) is 12.1. The van der Waals surface area contributed by atoms with E-state index >= 15 is 0 Å². The van der Waals surface area contributed by atoms with Crippen molar-refractivity contribution in [3.8, 4) is 0 Å². The average Bonchev–Trinajstić information content (AvgIpc) is 3.05. The molecule has 4 heterocycles. The van der Waals surface area contributed by atoms with Crippen LogP contribution < -0.4 is 0 Å². The third-order valence-corrected chi connectivity index (χ3v) is 6.70. The highest BCUT2D eigenvalue weighted by Crippen LogP contribution is 2.61. The molecule has 0 saturated carbocycles. The van der Waals surface area contributed by atoms with Crippen LogP contribution in [0.1, 0.15) is 53.4 Å². The van der Waals surface area contributed by atoms with Crippen LogP contribution in [0.5, 0.6) is 0 Å². The van der Waals surface area contributed by atoms with E-state index in [0.29, 0.717) is 35.4 Å². The average molecular weight is 264 g/mol. The number of piperazine rings is 1. The molecule has 4 saturated heterocycles. The Bertz CT molecular complexity index is 360. The van der Waals surface area contributed by atoms with Gasteiger partial charge >= 0.3 is 0 Å². The molecule has 4 atom stereocenters. The molecule has 0 N–H and O–H groups in total. The van der Waals surface area contributed by atoms with Gasteiger partial charge in [0, 0.05) is 13.1 Å². The fraction of sp³-hybridized carbons (Fsp3) is 1.00. The molecule has 0 aromatic carbocycles. The second kappa shape index (κ2) is 3.75. The Morgan fingerprint density at radius 2 is 1.26 bits per heavy atom. The SMILES string of the molecule is CC(C)[C@@]12CCCN1[C@@H]1O[C@H]2N2CCC[C@@]12C(C)C. The first kappa shape index (κ1) is 12.6. The summed E-state index contributed by atoms with van der Waals surface area (Å²) in [6.07, 6.45) is 6.11. The van der Waals surface area contributed by atoms with Gasteiger partial charge in [-0.3, -0.25) is 9.80 Å². The van der Waals surface area contributed by atoms with Crippen LogP contribution in [0.4, 0.5) is 0 Å². The normalized spacial score (nSPS) is 49.6. The first-order valence-corrected chi connectivity index (χ1v) is 8.24. The van der Waals surface area contributed by atoms with Crippen molar-refractivity contribution in [2.45, 2.75) is 76.9 Å². The molecule has 19 heavy (non-hydrogen) atoms. The van der Waals surface area contributed by atoms with Gasteiger partial charge in [-0.1, -0.05) is 27.7 Å². The van der Waals surface area contributed by atoms with Crippen molar-refractivity contribution < 1.29 is 4.74 Å². The zero-order valence-electron chi connectivity index (χ0n) is 12.9. The number of nitrogens with zero attached hydrogens (tertiary/aromatic N) is 2. The maximum absolute atomic E-state index is 6.59. The van der Waals surface area contributed by atoms with Gasteiger partial charge in [-0.25, -0.2) is 0 Å². The van der Waals surface area contributed by atoms with E-state index in [-0.39, 0.29) is 0 Å². The summed E-state index contributed by atoms with van der Waals surface area (Å²) in [4.78, 5) is 5.54. The van der Waals surface area contributed by atoms with Crippen LogP contribution in [-0.2, 0) is 4.74 Å². The smallest absolute Gasteiger partial charge is 0.132 e. The van der Waals surface area contributed by atoms with Gasteiger partial charge in [0.25, 0.3) is 0 Å². The van der Waals surface area contributed by atoms with Gasteiger partial charge in [-0.15, -0.1) is 0 Å². The highest BCUT2D eigenvalue weighted by Gasteiger charge is 2.74. The molecule has 0 aromatic rings. The molecular weight excluding hydrogens is 236 g/mol. The van der Waals surface area contributed by atoms with Crippen molar-refractivity contribution in [1.29, 1.82) is 0 Å². The van der Waals surface area contributed by atoms with Crippen LogP contribution in [0.15, 0.2) is 0 Å². The third kappa shape index (κ3) is 1.18. The summed E-state index contributed by atoms with van der Waals surface area (Å²) in [5.41, 5.74) is 0.626. The Labute approximate surface area is 117 Å². The predicted octanol–water partition coefficient (Wildman–Crippen LogP) is 2.66. The summed E-state index contributed by atoms with van der Waals surface area (Å²) in [5, 5.41) is 0. The lowest BCUT2D eigenvalue weighted by atomic mass is 9.75. The van der Waals surface area contributed by atoms with Gasteiger partial charge in [-0.2, -0.15) is 0 Å². The molecule has 0 aromatic heterocycles. The molecule has 0 aliphatic carbocycles. The van der Waals surface area contributed by atoms with Gasteiger partial charge in [0.15, 0.2) is 0 Å². The van der Waals surface area contributed by atoms with Gasteiger partial charge in [0.2, 0.25) is 0 Å². The van der Waals surface area contributed by atoms with Crippen LogP contribution in [0.3, 0.4) is 0 Å². The van der Waals surface area contributed by atoms with Crippen LogP contribution in [-0.4, -0.2) is 46.4 Å². The predicted molar refractivity (Wildman–Crippen MR) is 75.7 cm³/mol. The van der Waals surface area contributed by atoms with Crippen molar-refractivity contribution in [3.05, 3.63) is 0 Å². The Hall–Kier alpha value is -0.120. The number of ether oxygens (including phenoxy) is 1. The number of hydrogen-bond acceptors (Lipinski definition) is 3. The molecular formula is C16H28N2O. The number of rotatable bonds is 2. The molecule has 3 nitrogen and oxygen atoms in total. The monoisotopic (exact) mass is 264 g/mol. The van der Waals surface area contributed by atoms with Crippen molar-refractivity contribution in [1.82, 2.24) is 9.80 Å². The van der Waals surface area contributed by atoms with E-state index in [2.05, 4.69) is 37.5 Å². The quantitative estimate of drug-likeness (QED) is 0.713. The van der Waals surface area contributed by atoms with E-state index in [0.717, 1.165) is 0 Å². The molecule has 2 bridgehead atoms. The molecule has 0 amide bonds. The standard InChI is InChI=1S/C16H28N2O/c1-11(2)15-7-5-9-17(15)14-16(12(3)4)8-6-10-18(16)13(15)19-14/h11-14H,5-10H2,1-4H3/t13-,14-,15-,16-/m1/s1. The molecule has 0 unspecified atom stereocenters. The fourth-order valence-electron chi connectivity index (χ4n) is 5.83. The Kier molecular flexibility index (Phi) is 2.49. The first-order valence-electron chi connectivity index (χ1n) is 8.24. The van der Waals surface area contributed by atoms with E-state index in [9.17, 15) is 0 Å². The van der Waals surface area contributed by atoms with Crippen molar-refractivity contribution in [2.75, 3.05) is 13.1 Å². The lowest BCUT2D eigenvalue weighted by Gasteiger charge is -2.54. The second-order valence-electron chi connectivity index (χ2n) is 7.73. The zero-order chi connectivity index (χ0) is 13.4. The maximum atomic E-state index is 6.59. The van der Waals surface area contributed by atoms with Crippen molar-refractivity contribution >= 4 is 0 Å². The molecule has 0 spiro atoms. The topological polar surface area (TPSA) is 15.7 Å². The van der Waals surface area contributed by atoms with Crippen molar-refractivity contribution in [2.24, 2.45) is 11.8 Å². The Morgan fingerprint density at radius 1 is 0.842 bits per heavy atom. The van der Waals surface area contributed by atoms with Gasteiger partial charge < -0.3 is 4.74 Å². The molecule has 4 aliphatic heterocycles. The minimum absolute atomic E-state index is 0.313. The van der Waals surface area contributed by atoms with Crippen LogP contribution in [0.25, 0.3) is 0 Å². The second-order valence-corrected chi connectivity index (χ2v) is 7.73. The molecule has 4 aliphatic rings. The maximum Gasteiger partial charge on any atom is 0.132 e. The molecule has 4 rings (SSSR count). The highest BCUT2D eigenvalue weighted by molar-refractivity contribution is 5.22. The lowest BCUT2D eigenvalue weighted by molar-refractivity contribution is -0.0858. The summed E-state index contributed by atoms with van der Waals surface area (Å²) in [5.74, 6) is 1.38. The lowest BCUT2D eigenvalue weighted by Crippen LogP contribution is -2.70. The van der Waals surface area contributed by atoms with E-state index in [1.54, 1.807) is 0 Å². The molecule has 108 valence electrons. The van der Waals surface area contributed by atoms with Gasteiger partial charge in [0.05, 0.1) is 11.1 Å². The summed E-state index contributed by atoms with van der Waals surface area (Å²) >= 11 is 0. The summed E-state index contributed by atoms with van der Waals surface area (Å²) in [6, 6.07) is 0. The molecule has 0 radical (unpaired) electrons. The summed E-state index contributed by atoms with van der Waals surface area (Å²) < 4.78 is 6.59. The minimum Gasteiger partial charge on any atom is -0.341 e. The van der Waals surface area contributed by atoms with E-state index in [1.807, 2.05) is 0 Å². The number of fused-ring (bicyclic) bond motifs is 8. The first-order chi connectivity index (χ1) is 9.05. The van der Waals surface area contributed by atoms with Gasteiger partial charge in [-0.05, 0) is 37.5 Å². The fourth-order valence-corrected chi connectivity index (χ4v) is 5.83. The third-order valence-electron chi connectivity index (χ3n) is 6.70. The number of hydrogen-bond donors (Lipinski definition) is 0. The van der Waals surface area contributed by atoms with E-state index < -0.39 is 0 Å².